The van der Waals surface area contributed by atoms with E-state index in [1.54, 1.807) is 24.3 Å². The highest BCUT2D eigenvalue weighted by molar-refractivity contribution is 7.13. The molecule has 0 unspecified atom stereocenters. The number of amides is 2. The predicted octanol–water partition coefficient (Wildman–Crippen LogP) is 4.30. The molecule has 2 aromatic carbocycles. The number of hydrogen-bond acceptors (Lipinski definition) is 4. The van der Waals surface area contributed by atoms with Crippen LogP contribution in [0.5, 0.6) is 0 Å². The Morgan fingerprint density at radius 3 is 2.52 bits per heavy atom. The van der Waals surface area contributed by atoms with E-state index in [0.717, 1.165) is 24.6 Å². The lowest BCUT2D eigenvalue weighted by atomic mass is 10.2. The SMILES string of the molecule is O=C(Nc1ccc(Cl)cc1)N1CCN(c2nsc3ccccc23)CC1. The lowest BCUT2D eigenvalue weighted by molar-refractivity contribution is 0.208. The first kappa shape index (κ1) is 16.2. The Labute approximate surface area is 155 Å². The monoisotopic (exact) mass is 372 g/mol. The van der Waals surface area contributed by atoms with E-state index in [1.807, 2.05) is 17.0 Å². The molecule has 1 aliphatic rings. The maximum absolute atomic E-state index is 12.4. The van der Waals surface area contributed by atoms with Gasteiger partial charge in [0.1, 0.15) is 5.82 Å². The van der Waals surface area contributed by atoms with Crippen molar-refractivity contribution in [3.05, 3.63) is 53.6 Å². The Kier molecular flexibility index (Phi) is 4.46. The van der Waals surface area contributed by atoms with Gasteiger partial charge >= 0.3 is 6.03 Å². The molecule has 7 heteroatoms. The number of aromatic nitrogens is 1. The first-order chi connectivity index (χ1) is 12.2. The molecule has 0 bridgehead atoms. The molecule has 4 rings (SSSR count). The number of urea groups is 1. The number of anilines is 2. The molecule has 1 aromatic heterocycles. The first-order valence-electron chi connectivity index (χ1n) is 8.11. The number of nitrogens with one attached hydrogen (secondary N) is 1. The molecular weight excluding hydrogens is 356 g/mol. The second-order valence-electron chi connectivity index (χ2n) is 5.91. The molecule has 5 nitrogen and oxygen atoms in total. The summed E-state index contributed by atoms with van der Waals surface area (Å²) in [5, 5.41) is 4.76. The highest BCUT2D eigenvalue weighted by Gasteiger charge is 2.23. The summed E-state index contributed by atoms with van der Waals surface area (Å²) >= 11 is 7.39. The minimum absolute atomic E-state index is 0.0786. The number of rotatable bonds is 2. The van der Waals surface area contributed by atoms with Crippen LogP contribution in [0.15, 0.2) is 48.5 Å². The average Bonchev–Trinajstić information content (AvgIpc) is 3.08. The summed E-state index contributed by atoms with van der Waals surface area (Å²) in [6.45, 7) is 2.90. The molecule has 25 heavy (non-hydrogen) atoms. The summed E-state index contributed by atoms with van der Waals surface area (Å²) in [5.41, 5.74) is 0.752. The van der Waals surface area contributed by atoms with E-state index in [0.29, 0.717) is 18.1 Å². The van der Waals surface area contributed by atoms with Crippen LogP contribution in [0, 0.1) is 0 Å². The second-order valence-corrected chi connectivity index (χ2v) is 7.15. The quantitative estimate of drug-likeness (QED) is 0.729. The van der Waals surface area contributed by atoms with E-state index in [1.165, 1.54) is 21.6 Å². The fourth-order valence-corrected chi connectivity index (χ4v) is 3.88. The van der Waals surface area contributed by atoms with Crippen molar-refractivity contribution in [1.82, 2.24) is 9.27 Å². The molecule has 3 aromatic rings. The molecule has 2 heterocycles. The van der Waals surface area contributed by atoms with Gasteiger partial charge in [0.15, 0.2) is 0 Å². The fourth-order valence-electron chi connectivity index (χ4n) is 2.96. The number of nitrogens with zero attached hydrogens (tertiary/aromatic N) is 3. The minimum Gasteiger partial charge on any atom is -0.352 e. The van der Waals surface area contributed by atoms with Gasteiger partial charge in [0.05, 0.1) is 4.70 Å². The maximum Gasteiger partial charge on any atom is 0.321 e. The molecule has 1 N–H and O–H groups in total. The van der Waals surface area contributed by atoms with Gasteiger partial charge < -0.3 is 15.1 Å². The van der Waals surface area contributed by atoms with Gasteiger partial charge in [-0.3, -0.25) is 0 Å². The number of fused-ring (bicyclic) bond motifs is 1. The van der Waals surface area contributed by atoms with Crippen LogP contribution < -0.4 is 10.2 Å². The molecule has 0 spiro atoms. The Morgan fingerprint density at radius 1 is 1.04 bits per heavy atom. The summed E-state index contributed by atoms with van der Waals surface area (Å²) in [6.07, 6.45) is 0. The van der Waals surface area contributed by atoms with Crippen molar-refractivity contribution in [2.75, 3.05) is 36.4 Å². The van der Waals surface area contributed by atoms with E-state index < -0.39 is 0 Å². The molecule has 0 atom stereocenters. The zero-order valence-electron chi connectivity index (χ0n) is 13.5. The van der Waals surface area contributed by atoms with Crippen molar-refractivity contribution in [2.45, 2.75) is 0 Å². The molecular formula is C18H17ClN4OS. The molecule has 128 valence electrons. The third kappa shape index (κ3) is 3.41. The van der Waals surface area contributed by atoms with E-state index >= 15 is 0 Å². The molecule has 2 amide bonds. The van der Waals surface area contributed by atoms with Crippen LogP contribution in [0.1, 0.15) is 0 Å². The van der Waals surface area contributed by atoms with E-state index in [4.69, 9.17) is 11.6 Å². The number of benzene rings is 2. The van der Waals surface area contributed by atoms with Gasteiger partial charge in [-0.05, 0) is 47.9 Å². The van der Waals surface area contributed by atoms with E-state index in [-0.39, 0.29) is 6.03 Å². The van der Waals surface area contributed by atoms with Gasteiger partial charge in [-0.1, -0.05) is 23.7 Å². The van der Waals surface area contributed by atoms with Crippen LogP contribution in [0.4, 0.5) is 16.3 Å². The molecule has 1 fully saturated rings. The average molecular weight is 373 g/mol. The third-order valence-corrected chi connectivity index (χ3v) is 5.39. The van der Waals surface area contributed by atoms with Gasteiger partial charge in [0, 0.05) is 42.3 Å². The largest absolute Gasteiger partial charge is 0.352 e. The van der Waals surface area contributed by atoms with Gasteiger partial charge in [-0.2, -0.15) is 4.37 Å². The van der Waals surface area contributed by atoms with Crippen LogP contribution >= 0.6 is 23.1 Å². The molecule has 1 saturated heterocycles. The predicted molar refractivity (Wildman–Crippen MR) is 104 cm³/mol. The number of piperazine rings is 1. The van der Waals surface area contributed by atoms with Crippen LogP contribution in [0.2, 0.25) is 5.02 Å². The zero-order valence-corrected chi connectivity index (χ0v) is 15.1. The van der Waals surface area contributed by atoms with Crippen molar-refractivity contribution in [3.8, 4) is 0 Å². The van der Waals surface area contributed by atoms with Crippen LogP contribution in [-0.2, 0) is 0 Å². The van der Waals surface area contributed by atoms with Crippen molar-refractivity contribution < 1.29 is 4.79 Å². The molecule has 0 saturated carbocycles. The normalized spacial score (nSPS) is 14.8. The highest BCUT2D eigenvalue weighted by Crippen LogP contribution is 2.29. The fraction of sp³-hybridized carbons (Fsp3) is 0.222. The van der Waals surface area contributed by atoms with Crippen molar-refractivity contribution in [1.29, 1.82) is 0 Å². The summed E-state index contributed by atoms with van der Waals surface area (Å²) < 4.78 is 5.80. The zero-order chi connectivity index (χ0) is 17.2. The first-order valence-corrected chi connectivity index (χ1v) is 9.27. The Hall–Kier alpha value is -2.31. The van der Waals surface area contributed by atoms with Crippen molar-refractivity contribution in [3.63, 3.8) is 0 Å². The molecule has 1 aliphatic heterocycles. The van der Waals surface area contributed by atoms with Crippen LogP contribution in [0.3, 0.4) is 0 Å². The Bertz CT molecular complexity index is 887. The van der Waals surface area contributed by atoms with Crippen molar-refractivity contribution >= 4 is 50.8 Å². The molecule has 0 radical (unpaired) electrons. The molecule has 0 aliphatic carbocycles. The number of carbonyl (C=O) groups is 1. The number of hydrogen-bond donors (Lipinski definition) is 1. The Morgan fingerprint density at radius 2 is 1.76 bits per heavy atom. The van der Waals surface area contributed by atoms with E-state index in [9.17, 15) is 4.79 Å². The summed E-state index contributed by atoms with van der Waals surface area (Å²) in [7, 11) is 0. The highest BCUT2D eigenvalue weighted by atomic mass is 35.5. The van der Waals surface area contributed by atoms with Gasteiger partial charge in [-0.25, -0.2) is 4.79 Å². The number of carbonyl (C=O) groups excluding carboxylic acids is 1. The topological polar surface area (TPSA) is 48.5 Å². The van der Waals surface area contributed by atoms with Crippen molar-refractivity contribution in [2.24, 2.45) is 0 Å². The minimum atomic E-state index is -0.0786. The summed E-state index contributed by atoms with van der Waals surface area (Å²) in [6, 6.07) is 15.3. The van der Waals surface area contributed by atoms with Gasteiger partial charge in [0.25, 0.3) is 0 Å². The van der Waals surface area contributed by atoms with Crippen LogP contribution in [0.25, 0.3) is 10.1 Å². The second kappa shape index (κ2) is 6.90. The van der Waals surface area contributed by atoms with Gasteiger partial charge in [-0.15, -0.1) is 0 Å². The smallest absolute Gasteiger partial charge is 0.321 e. The van der Waals surface area contributed by atoms with Gasteiger partial charge in [0.2, 0.25) is 0 Å². The standard InChI is InChI=1S/C18H17ClN4OS/c19-13-5-7-14(8-6-13)20-18(24)23-11-9-22(10-12-23)17-15-3-1-2-4-16(15)25-21-17/h1-8H,9-12H2,(H,20,24). The van der Waals surface area contributed by atoms with E-state index in [2.05, 4.69) is 26.7 Å². The maximum atomic E-state index is 12.4. The summed E-state index contributed by atoms with van der Waals surface area (Å²) in [5.74, 6) is 1.03. The van der Waals surface area contributed by atoms with Crippen LogP contribution in [-0.4, -0.2) is 41.5 Å². The third-order valence-electron chi connectivity index (χ3n) is 4.32. The summed E-state index contributed by atoms with van der Waals surface area (Å²) in [4.78, 5) is 16.5. The lowest BCUT2D eigenvalue weighted by Gasteiger charge is -2.35. The Balaban J connectivity index is 1.39. The number of halogens is 1. The lowest BCUT2D eigenvalue weighted by Crippen LogP contribution is -2.50.